The number of para-hydroxylation sites is 1. The Hall–Kier alpha value is -3.41. The Bertz CT molecular complexity index is 1240. The van der Waals surface area contributed by atoms with E-state index < -0.39 is 0 Å². The van der Waals surface area contributed by atoms with E-state index in [0.717, 1.165) is 24.6 Å². The molecule has 0 radical (unpaired) electrons. The lowest BCUT2D eigenvalue weighted by molar-refractivity contribution is 0.716. The third-order valence-corrected chi connectivity index (χ3v) is 6.15. The van der Waals surface area contributed by atoms with Crippen LogP contribution in [0.4, 0.5) is 5.95 Å². The van der Waals surface area contributed by atoms with E-state index in [1.54, 1.807) is 10.9 Å². The van der Waals surface area contributed by atoms with Gasteiger partial charge in [-0.15, -0.1) is 0 Å². The number of hydrogen-bond donors (Lipinski definition) is 2. The van der Waals surface area contributed by atoms with Crippen LogP contribution in [0.25, 0.3) is 16.7 Å². The van der Waals surface area contributed by atoms with Gasteiger partial charge in [0.1, 0.15) is 5.39 Å². The Balaban J connectivity index is 1.27. The highest BCUT2D eigenvalue weighted by molar-refractivity contribution is 5.76. The van der Waals surface area contributed by atoms with E-state index in [0.29, 0.717) is 28.8 Å². The van der Waals surface area contributed by atoms with E-state index in [9.17, 15) is 4.79 Å². The highest BCUT2D eigenvalue weighted by Crippen LogP contribution is 2.61. The number of benzene rings is 2. The molecular weight excluding hydrogens is 350 g/mol. The van der Waals surface area contributed by atoms with Crippen molar-refractivity contribution in [3.63, 3.8) is 0 Å². The molecule has 6 rings (SSSR count). The molecule has 138 valence electrons. The van der Waals surface area contributed by atoms with Gasteiger partial charge < -0.3 is 5.32 Å². The maximum absolute atomic E-state index is 12.5. The molecule has 2 aromatic heterocycles. The first-order chi connectivity index (χ1) is 13.8. The zero-order valence-electron chi connectivity index (χ0n) is 15.2. The van der Waals surface area contributed by atoms with Gasteiger partial charge in [-0.05, 0) is 47.4 Å². The van der Waals surface area contributed by atoms with Crippen molar-refractivity contribution in [3.05, 3.63) is 82.3 Å². The second kappa shape index (κ2) is 5.79. The molecule has 0 bridgehead atoms. The quantitative estimate of drug-likeness (QED) is 0.580. The van der Waals surface area contributed by atoms with Crippen molar-refractivity contribution in [3.8, 4) is 5.69 Å². The lowest BCUT2D eigenvalue weighted by Crippen LogP contribution is -2.16. The molecule has 6 heteroatoms. The molecule has 0 aliphatic heterocycles. The van der Waals surface area contributed by atoms with Crippen molar-refractivity contribution in [1.29, 1.82) is 0 Å². The molecule has 0 amide bonds. The highest BCUT2D eigenvalue weighted by Gasteiger charge is 2.54. The number of nitrogens with zero attached hydrogens (tertiary/aromatic N) is 3. The van der Waals surface area contributed by atoms with Crippen molar-refractivity contribution in [2.45, 2.75) is 12.3 Å². The van der Waals surface area contributed by atoms with Crippen LogP contribution in [-0.4, -0.2) is 26.3 Å². The minimum atomic E-state index is -0.170. The number of H-pyrrole nitrogens is 1. The molecule has 2 heterocycles. The van der Waals surface area contributed by atoms with Crippen molar-refractivity contribution >= 4 is 17.0 Å². The molecule has 1 fully saturated rings. The van der Waals surface area contributed by atoms with Gasteiger partial charge in [-0.3, -0.25) is 9.78 Å². The predicted molar refractivity (Wildman–Crippen MR) is 108 cm³/mol. The maximum Gasteiger partial charge on any atom is 0.263 e. The SMILES string of the molecule is O=c1[nH]c(NCC2C3Cc4ccccc4C23)nc2c1cnn2-c1ccccc1. The summed E-state index contributed by atoms with van der Waals surface area (Å²) < 4.78 is 1.71. The van der Waals surface area contributed by atoms with Gasteiger partial charge in [-0.1, -0.05) is 42.5 Å². The van der Waals surface area contributed by atoms with Crippen LogP contribution >= 0.6 is 0 Å². The van der Waals surface area contributed by atoms with E-state index in [-0.39, 0.29) is 5.56 Å². The Morgan fingerprint density at radius 2 is 1.93 bits per heavy atom. The van der Waals surface area contributed by atoms with Crippen molar-refractivity contribution in [2.75, 3.05) is 11.9 Å². The second-order valence-corrected chi connectivity index (χ2v) is 7.68. The summed E-state index contributed by atoms with van der Waals surface area (Å²) in [6.45, 7) is 0.817. The van der Waals surface area contributed by atoms with Crippen LogP contribution in [0.15, 0.2) is 65.6 Å². The minimum absolute atomic E-state index is 0.170. The summed E-state index contributed by atoms with van der Waals surface area (Å²) in [5.74, 6) is 2.48. The Kier molecular flexibility index (Phi) is 3.23. The van der Waals surface area contributed by atoms with Crippen LogP contribution in [-0.2, 0) is 6.42 Å². The van der Waals surface area contributed by atoms with Crippen LogP contribution in [0.5, 0.6) is 0 Å². The monoisotopic (exact) mass is 369 g/mol. The van der Waals surface area contributed by atoms with E-state index in [2.05, 4.69) is 44.6 Å². The van der Waals surface area contributed by atoms with Crippen LogP contribution in [0.1, 0.15) is 17.0 Å². The van der Waals surface area contributed by atoms with E-state index in [4.69, 9.17) is 0 Å². The highest BCUT2D eigenvalue weighted by atomic mass is 16.1. The summed E-state index contributed by atoms with van der Waals surface area (Å²) in [6, 6.07) is 18.5. The molecule has 0 saturated heterocycles. The topological polar surface area (TPSA) is 75.6 Å². The lowest BCUT2D eigenvalue weighted by atomic mass is 10.0. The van der Waals surface area contributed by atoms with Gasteiger partial charge in [0.25, 0.3) is 5.56 Å². The van der Waals surface area contributed by atoms with E-state index in [1.165, 1.54) is 11.1 Å². The molecular formula is C22H19N5O. The summed E-state index contributed by atoms with van der Waals surface area (Å²) in [6.07, 6.45) is 2.73. The fourth-order valence-corrected chi connectivity index (χ4v) is 4.74. The van der Waals surface area contributed by atoms with Crippen LogP contribution in [0.2, 0.25) is 0 Å². The lowest BCUT2D eigenvalue weighted by Gasteiger charge is -2.09. The number of aromatic nitrogens is 4. The summed E-state index contributed by atoms with van der Waals surface area (Å²) in [4.78, 5) is 20.0. The number of nitrogens with one attached hydrogen (secondary N) is 2. The average molecular weight is 369 g/mol. The summed E-state index contributed by atoms with van der Waals surface area (Å²) >= 11 is 0. The smallest absolute Gasteiger partial charge is 0.263 e. The van der Waals surface area contributed by atoms with Crippen LogP contribution < -0.4 is 10.9 Å². The minimum Gasteiger partial charge on any atom is -0.355 e. The van der Waals surface area contributed by atoms with Crippen LogP contribution in [0, 0.1) is 11.8 Å². The van der Waals surface area contributed by atoms with Crippen molar-refractivity contribution in [1.82, 2.24) is 19.7 Å². The predicted octanol–water partition coefficient (Wildman–Crippen LogP) is 3.11. The molecule has 3 atom stereocenters. The van der Waals surface area contributed by atoms with E-state index in [1.807, 2.05) is 30.3 Å². The molecule has 28 heavy (non-hydrogen) atoms. The molecule has 1 saturated carbocycles. The van der Waals surface area contributed by atoms with Gasteiger partial charge in [0, 0.05) is 6.54 Å². The zero-order chi connectivity index (χ0) is 18.7. The first-order valence-corrected chi connectivity index (χ1v) is 9.65. The third kappa shape index (κ3) is 2.30. The molecule has 2 aromatic carbocycles. The number of hydrogen-bond acceptors (Lipinski definition) is 4. The van der Waals surface area contributed by atoms with Gasteiger partial charge >= 0.3 is 0 Å². The Labute approximate surface area is 161 Å². The van der Waals surface area contributed by atoms with E-state index >= 15 is 0 Å². The zero-order valence-corrected chi connectivity index (χ0v) is 15.2. The molecule has 6 nitrogen and oxygen atoms in total. The third-order valence-electron chi connectivity index (χ3n) is 6.15. The number of fused-ring (bicyclic) bond motifs is 4. The molecule has 0 spiro atoms. The number of aromatic amines is 1. The molecule has 2 N–H and O–H groups in total. The Morgan fingerprint density at radius 3 is 2.82 bits per heavy atom. The van der Waals surface area contributed by atoms with Gasteiger partial charge in [0.2, 0.25) is 5.95 Å². The number of anilines is 1. The van der Waals surface area contributed by atoms with Crippen LogP contribution in [0.3, 0.4) is 0 Å². The van der Waals surface area contributed by atoms with Gasteiger partial charge in [-0.2, -0.15) is 10.1 Å². The van der Waals surface area contributed by atoms with Gasteiger partial charge in [0.05, 0.1) is 11.9 Å². The maximum atomic E-state index is 12.5. The molecule has 4 aromatic rings. The Morgan fingerprint density at radius 1 is 1.11 bits per heavy atom. The normalized spacial score (nSPS) is 22.1. The van der Waals surface area contributed by atoms with Crippen molar-refractivity contribution < 1.29 is 0 Å². The number of rotatable bonds is 4. The summed E-state index contributed by atoms with van der Waals surface area (Å²) in [5, 5.41) is 8.20. The standard InChI is InChI=1S/C22H19N5O/c28-21-18-12-24-27(14-7-2-1-3-8-14)20(18)25-22(26-21)23-11-17-16-10-13-6-4-5-9-15(13)19(16)17/h1-9,12,16-17,19H,10-11H2,(H2,23,25,26,28). The first-order valence-electron chi connectivity index (χ1n) is 9.65. The van der Waals surface area contributed by atoms with Gasteiger partial charge in [0.15, 0.2) is 5.65 Å². The fraction of sp³-hybridized carbons (Fsp3) is 0.227. The first kappa shape index (κ1) is 15.6. The van der Waals surface area contributed by atoms with Gasteiger partial charge in [-0.25, -0.2) is 4.68 Å². The summed E-state index contributed by atoms with van der Waals surface area (Å²) in [7, 11) is 0. The average Bonchev–Trinajstić information content (AvgIpc) is 3.06. The second-order valence-electron chi connectivity index (χ2n) is 7.68. The largest absolute Gasteiger partial charge is 0.355 e. The molecule has 3 unspecified atom stereocenters. The fourth-order valence-electron chi connectivity index (χ4n) is 4.74. The molecule has 2 aliphatic carbocycles. The van der Waals surface area contributed by atoms with Crippen molar-refractivity contribution in [2.24, 2.45) is 11.8 Å². The molecule has 2 aliphatic rings. The summed E-state index contributed by atoms with van der Waals surface area (Å²) in [5.41, 5.74) is 4.27.